The highest BCUT2D eigenvalue weighted by molar-refractivity contribution is 7.38. The van der Waals surface area contributed by atoms with Crippen LogP contribution in [-0.2, 0) is 13.8 Å². The Morgan fingerprint density at radius 3 is 1.84 bits per heavy atom. The van der Waals surface area contributed by atoms with Crippen LogP contribution >= 0.6 is 8.03 Å². The van der Waals surface area contributed by atoms with Crippen molar-refractivity contribution in [1.29, 1.82) is 0 Å². The molecule has 0 spiro atoms. The Balaban J connectivity index is 0. The molecule has 0 saturated carbocycles. The van der Waals surface area contributed by atoms with Crippen molar-refractivity contribution in [3.05, 3.63) is 0 Å². The van der Waals surface area contributed by atoms with Gasteiger partial charge in [-0.1, -0.05) is 7.43 Å². The minimum atomic E-state index is -6.37. The standard InChI is InChI=1S/C7H9F7O3P.CH4/c1-18(15)17-3-2-16-4-5(8,9)6(10,11)7(12,13)14;/h2-4H2,1H3;1H4/q+1;. The van der Waals surface area contributed by atoms with E-state index in [2.05, 4.69) is 9.26 Å². The Morgan fingerprint density at radius 1 is 1.00 bits per heavy atom. The number of hydrogen-bond acceptors (Lipinski definition) is 3. The topological polar surface area (TPSA) is 35.5 Å². The van der Waals surface area contributed by atoms with Gasteiger partial charge in [-0.3, -0.25) is 0 Å². The van der Waals surface area contributed by atoms with E-state index in [9.17, 15) is 35.3 Å². The zero-order chi connectivity index (χ0) is 14.6. The van der Waals surface area contributed by atoms with Crippen LogP contribution < -0.4 is 0 Å². The summed E-state index contributed by atoms with van der Waals surface area (Å²) in [6.45, 7) is -2.12. The second kappa shape index (κ2) is 7.35. The van der Waals surface area contributed by atoms with Crippen LogP contribution in [0.15, 0.2) is 0 Å². The molecule has 11 heteroatoms. The van der Waals surface area contributed by atoms with Crippen molar-refractivity contribution in [2.75, 3.05) is 26.5 Å². The van der Waals surface area contributed by atoms with E-state index in [-0.39, 0.29) is 7.43 Å². The van der Waals surface area contributed by atoms with E-state index in [4.69, 9.17) is 0 Å². The van der Waals surface area contributed by atoms with Crippen LogP contribution in [0.4, 0.5) is 30.7 Å². The lowest BCUT2D eigenvalue weighted by Gasteiger charge is -2.27. The first-order valence-electron chi connectivity index (χ1n) is 4.35. The molecular weight excluding hydrogens is 308 g/mol. The van der Waals surface area contributed by atoms with Gasteiger partial charge in [-0.05, 0) is 4.57 Å². The van der Waals surface area contributed by atoms with Gasteiger partial charge in [-0.2, -0.15) is 30.7 Å². The molecule has 0 rings (SSSR count). The molecule has 0 saturated heterocycles. The van der Waals surface area contributed by atoms with E-state index in [1.807, 2.05) is 0 Å². The molecule has 0 amide bonds. The quantitative estimate of drug-likeness (QED) is 0.406. The summed E-state index contributed by atoms with van der Waals surface area (Å²) in [5, 5.41) is 0. The predicted molar refractivity (Wildman–Crippen MR) is 53.0 cm³/mol. The van der Waals surface area contributed by atoms with Gasteiger partial charge in [0.25, 0.3) is 0 Å². The summed E-state index contributed by atoms with van der Waals surface area (Å²) in [5.41, 5.74) is 0. The third-order valence-electron chi connectivity index (χ3n) is 1.60. The lowest BCUT2D eigenvalue weighted by Crippen LogP contribution is -2.54. The van der Waals surface area contributed by atoms with E-state index in [1.54, 1.807) is 0 Å². The molecule has 0 fully saturated rings. The van der Waals surface area contributed by atoms with Crippen molar-refractivity contribution in [2.24, 2.45) is 0 Å². The highest BCUT2D eigenvalue weighted by Gasteiger charge is 2.72. The number of ether oxygens (including phenoxy) is 1. The van der Waals surface area contributed by atoms with Crippen molar-refractivity contribution in [3.8, 4) is 0 Å². The van der Waals surface area contributed by atoms with Crippen molar-refractivity contribution >= 4 is 8.03 Å². The zero-order valence-electron chi connectivity index (χ0n) is 8.94. The zero-order valence-corrected chi connectivity index (χ0v) is 9.83. The highest BCUT2D eigenvalue weighted by Crippen LogP contribution is 2.46. The molecular formula is C8H13F7O3P+. The molecule has 0 aromatic carbocycles. The van der Waals surface area contributed by atoms with E-state index in [0.717, 1.165) is 6.66 Å². The molecule has 0 radical (unpaired) electrons. The van der Waals surface area contributed by atoms with Gasteiger partial charge in [0.1, 0.15) is 13.2 Å². The summed E-state index contributed by atoms with van der Waals surface area (Å²) in [6.07, 6.45) is -6.37. The molecule has 1 unspecified atom stereocenters. The monoisotopic (exact) mass is 321 g/mol. The van der Waals surface area contributed by atoms with Crippen molar-refractivity contribution < 1.29 is 44.6 Å². The molecule has 116 valence electrons. The minimum absolute atomic E-state index is 0. The van der Waals surface area contributed by atoms with Crippen molar-refractivity contribution in [2.45, 2.75) is 25.4 Å². The van der Waals surface area contributed by atoms with E-state index >= 15 is 0 Å². The van der Waals surface area contributed by atoms with Crippen LogP contribution in [0.1, 0.15) is 7.43 Å². The van der Waals surface area contributed by atoms with Gasteiger partial charge in [0.15, 0.2) is 6.66 Å². The number of halogens is 7. The smallest absolute Gasteiger partial charge is 0.372 e. The first kappa shape index (κ1) is 20.8. The summed E-state index contributed by atoms with van der Waals surface area (Å²) in [4.78, 5) is 0. The molecule has 0 heterocycles. The Hall–Kier alpha value is -0.470. The number of alkyl halides is 7. The molecule has 0 aromatic rings. The Bertz CT molecular complexity index is 293. The van der Waals surface area contributed by atoms with Gasteiger partial charge in [-0.15, -0.1) is 4.52 Å². The molecule has 0 aliphatic rings. The molecule has 19 heavy (non-hydrogen) atoms. The average molecular weight is 321 g/mol. The second-order valence-corrected chi connectivity index (χ2v) is 4.24. The third kappa shape index (κ3) is 6.01. The summed E-state index contributed by atoms with van der Waals surface area (Å²) in [7, 11) is -2.03. The fourth-order valence-corrected chi connectivity index (χ4v) is 1.05. The largest absolute Gasteiger partial charge is 0.504 e. The summed E-state index contributed by atoms with van der Waals surface area (Å²) >= 11 is 0. The van der Waals surface area contributed by atoms with Crippen molar-refractivity contribution in [1.82, 2.24) is 0 Å². The lowest BCUT2D eigenvalue weighted by molar-refractivity contribution is -0.361. The van der Waals surface area contributed by atoms with Crippen LogP contribution in [0.2, 0.25) is 0 Å². The Morgan fingerprint density at radius 2 is 1.47 bits per heavy atom. The van der Waals surface area contributed by atoms with Gasteiger partial charge in [-0.25, -0.2) is 0 Å². The molecule has 0 bridgehead atoms. The van der Waals surface area contributed by atoms with Gasteiger partial charge >= 0.3 is 26.0 Å². The average Bonchev–Trinajstić information content (AvgIpc) is 2.14. The maximum absolute atomic E-state index is 12.6. The van der Waals surface area contributed by atoms with Gasteiger partial charge in [0.05, 0.1) is 6.61 Å². The Kier molecular flexibility index (Phi) is 8.06. The van der Waals surface area contributed by atoms with Crippen LogP contribution in [0.5, 0.6) is 0 Å². The lowest BCUT2D eigenvalue weighted by atomic mass is 10.2. The summed E-state index contributed by atoms with van der Waals surface area (Å²) in [6, 6.07) is 0. The van der Waals surface area contributed by atoms with E-state index in [1.165, 1.54) is 0 Å². The third-order valence-corrected chi connectivity index (χ3v) is 2.15. The fourth-order valence-electron chi connectivity index (χ4n) is 0.723. The number of hydrogen-bond donors (Lipinski definition) is 0. The normalized spacial score (nSPS) is 14.0. The maximum atomic E-state index is 12.6. The second-order valence-electron chi connectivity index (χ2n) is 3.10. The minimum Gasteiger partial charge on any atom is -0.372 e. The SMILES string of the molecule is C.C[P+](=O)OCCOCC(F)(F)C(F)(F)C(F)(F)F. The summed E-state index contributed by atoms with van der Waals surface area (Å²) in [5.74, 6) is -11.6. The molecule has 0 aliphatic heterocycles. The molecule has 0 aliphatic carbocycles. The fraction of sp³-hybridized carbons (Fsp3) is 1.00. The number of rotatable bonds is 7. The van der Waals surface area contributed by atoms with Gasteiger partial charge < -0.3 is 4.74 Å². The molecule has 3 nitrogen and oxygen atoms in total. The van der Waals surface area contributed by atoms with Gasteiger partial charge in [0, 0.05) is 0 Å². The van der Waals surface area contributed by atoms with Crippen LogP contribution in [0.3, 0.4) is 0 Å². The molecule has 0 N–H and O–H groups in total. The van der Waals surface area contributed by atoms with E-state index < -0.39 is 45.9 Å². The predicted octanol–water partition coefficient (Wildman–Crippen LogP) is 3.86. The van der Waals surface area contributed by atoms with Crippen LogP contribution in [0, 0.1) is 0 Å². The first-order chi connectivity index (χ1) is 7.92. The Labute approximate surface area is 105 Å². The molecule has 0 aromatic heterocycles. The van der Waals surface area contributed by atoms with E-state index in [0.29, 0.717) is 0 Å². The maximum Gasteiger partial charge on any atom is 0.504 e. The first-order valence-corrected chi connectivity index (χ1v) is 5.98. The van der Waals surface area contributed by atoms with Crippen LogP contribution in [0.25, 0.3) is 0 Å². The highest BCUT2D eigenvalue weighted by atomic mass is 31.1. The summed E-state index contributed by atoms with van der Waals surface area (Å²) < 4.78 is 103. The van der Waals surface area contributed by atoms with Crippen LogP contribution in [-0.4, -0.2) is 44.5 Å². The molecule has 1 atom stereocenters. The van der Waals surface area contributed by atoms with Gasteiger partial charge in [0.2, 0.25) is 0 Å². The van der Waals surface area contributed by atoms with Crippen molar-refractivity contribution in [3.63, 3.8) is 0 Å².